The highest BCUT2D eigenvalue weighted by Crippen LogP contribution is 2.36. The van der Waals surface area contributed by atoms with Gasteiger partial charge in [-0.1, -0.05) is 6.92 Å². The number of alkyl halides is 6. The number of anilines is 1. The van der Waals surface area contributed by atoms with Crippen molar-refractivity contribution >= 4 is 11.8 Å². The zero-order valence-electron chi connectivity index (χ0n) is 19.9. The Morgan fingerprint density at radius 1 is 1.08 bits per heavy atom. The van der Waals surface area contributed by atoms with Gasteiger partial charge in [0, 0.05) is 38.0 Å². The summed E-state index contributed by atoms with van der Waals surface area (Å²) in [5.41, 5.74) is -2.19. The lowest BCUT2D eigenvalue weighted by Gasteiger charge is -2.40. The molecule has 2 aliphatic heterocycles. The standard InChI is InChI=1S/C25H26F6N2O4/c1-2-17-13-18(9-10-33(17)21-8-6-16(14-32-21)25(29,30)31)36-20-7-5-15(24(26,27)28)12-19(20)23(34)37-22-4-3-11-35-22/h5-8,12,14,17-18,22H,2-4,9-11,13H2,1H3/t17-,18-,22?/m0/s1. The van der Waals surface area contributed by atoms with Crippen LogP contribution >= 0.6 is 0 Å². The van der Waals surface area contributed by atoms with Crippen LogP contribution in [0.15, 0.2) is 36.5 Å². The molecule has 3 heterocycles. The van der Waals surface area contributed by atoms with E-state index in [0.29, 0.717) is 57.1 Å². The largest absolute Gasteiger partial charge is 0.489 e. The molecule has 2 aliphatic rings. The third kappa shape index (κ3) is 6.46. The molecule has 0 radical (unpaired) electrons. The van der Waals surface area contributed by atoms with Gasteiger partial charge in [-0.2, -0.15) is 26.3 Å². The highest BCUT2D eigenvalue weighted by atomic mass is 19.4. The lowest BCUT2D eigenvalue weighted by Crippen LogP contribution is -2.46. The normalized spacial score (nSPS) is 22.7. The van der Waals surface area contributed by atoms with Crippen LogP contribution < -0.4 is 9.64 Å². The van der Waals surface area contributed by atoms with Gasteiger partial charge >= 0.3 is 18.3 Å². The minimum Gasteiger partial charge on any atom is -0.489 e. The molecule has 2 saturated heterocycles. The van der Waals surface area contributed by atoms with E-state index in [2.05, 4.69) is 4.98 Å². The number of carbonyl (C=O) groups excluding carboxylic acids is 1. The van der Waals surface area contributed by atoms with Gasteiger partial charge in [-0.05, 0) is 43.2 Å². The molecule has 37 heavy (non-hydrogen) atoms. The van der Waals surface area contributed by atoms with Crippen molar-refractivity contribution in [3.05, 3.63) is 53.2 Å². The van der Waals surface area contributed by atoms with Crippen LogP contribution in [0.1, 0.15) is 60.5 Å². The summed E-state index contributed by atoms with van der Waals surface area (Å²) in [5, 5.41) is 0. The summed E-state index contributed by atoms with van der Waals surface area (Å²) in [7, 11) is 0. The topological polar surface area (TPSA) is 60.9 Å². The van der Waals surface area contributed by atoms with E-state index >= 15 is 0 Å². The number of hydrogen-bond acceptors (Lipinski definition) is 6. The predicted octanol–water partition coefficient (Wildman–Crippen LogP) is 6.24. The first-order valence-electron chi connectivity index (χ1n) is 12.0. The van der Waals surface area contributed by atoms with Crippen molar-refractivity contribution in [2.75, 3.05) is 18.1 Å². The fourth-order valence-electron chi connectivity index (χ4n) is 4.51. The SMILES string of the molecule is CC[C@H]1C[C@@H](Oc2ccc(C(F)(F)F)cc2C(=O)OC2CCCO2)CCN1c1ccc(C(F)(F)F)cn1. The van der Waals surface area contributed by atoms with Gasteiger partial charge in [0.2, 0.25) is 6.29 Å². The summed E-state index contributed by atoms with van der Waals surface area (Å²) >= 11 is 0. The molecule has 0 aliphatic carbocycles. The minimum atomic E-state index is -4.66. The molecule has 3 atom stereocenters. The Morgan fingerprint density at radius 2 is 1.81 bits per heavy atom. The van der Waals surface area contributed by atoms with Crippen molar-refractivity contribution in [3.8, 4) is 5.75 Å². The molecule has 202 valence electrons. The van der Waals surface area contributed by atoms with Gasteiger partial charge in [0.25, 0.3) is 0 Å². The minimum absolute atomic E-state index is 0.0306. The molecule has 1 unspecified atom stereocenters. The van der Waals surface area contributed by atoms with Crippen molar-refractivity contribution in [2.45, 2.75) is 69.8 Å². The van der Waals surface area contributed by atoms with E-state index in [4.69, 9.17) is 14.2 Å². The van der Waals surface area contributed by atoms with Gasteiger partial charge in [-0.15, -0.1) is 0 Å². The summed E-state index contributed by atoms with van der Waals surface area (Å²) in [6.45, 7) is 2.71. The van der Waals surface area contributed by atoms with Gasteiger partial charge in [0.05, 0.1) is 17.7 Å². The number of ether oxygens (including phenoxy) is 3. The number of nitrogens with zero attached hydrogens (tertiary/aromatic N) is 2. The molecule has 0 saturated carbocycles. The first-order valence-corrected chi connectivity index (χ1v) is 12.0. The average Bonchev–Trinajstić information content (AvgIpc) is 3.36. The smallest absolute Gasteiger partial charge is 0.417 e. The Labute approximate surface area is 209 Å². The number of halogens is 6. The number of piperidine rings is 1. The summed E-state index contributed by atoms with van der Waals surface area (Å²) in [6, 6.07) is 4.83. The lowest BCUT2D eigenvalue weighted by atomic mass is 9.97. The molecule has 4 rings (SSSR count). The van der Waals surface area contributed by atoms with Gasteiger partial charge in [0.1, 0.15) is 23.2 Å². The summed E-state index contributed by atoms with van der Waals surface area (Å²) < 4.78 is 95.1. The number of pyridine rings is 1. The molecule has 2 aromatic rings. The van der Waals surface area contributed by atoms with Crippen molar-refractivity contribution in [1.82, 2.24) is 4.98 Å². The number of carbonyl (C=O) groups is 1. The molecule has 0 spiro atoms. The molecule has 6 nitrogen and oxygen atoms in total. The average molecular weight is 532 g/mol. The molecule has 0 N–H and O–H groups in total. The van der Waals surface area contributed by atoms with Crippen molar-refractivity contribution in [1.29, 1.82) is 0 Å². The number of esters is 1. The fraction of sp³-hybridized carbons (Fsp3) is 0.520. The van der Waals surface area contributed by atoms with Crippen LogP contribution in [-0.2, 0) is 21.8 Å². The molecular formula is C25H26F6N2O4. The second-order valence-electron chi connectivity index (χ2n) is 8.98. The van der Waals surface area contributed by atoms with E-state index in [9.17, 15) is 31.1 Å². The van der Waals surface area contributed by atoms with Crippen LogP contribution in [0, 0.1) is 0 Å². The second-order valence-corrected chi connectivity index (χ2v) is 8.98. The van der Waals surface area contributed by atoms with Crippen LogP contribution in [0.2, 0.25) is 0 Å². The van der Waals surface area contributed by atoms with Crippen LogP contribution in [0.3, 0.4) is 0 Å². The monoisotopic (exact) mass is 532 g/mol. The Bertz CT molecular complexity index is 1080. The van der Waals surface area contributed by atoms with E-state index in [1.54, 1.807) is 0 Å². The third-order valence-electron chi connectivity index (χ3n) is 6.46. The molecule has 0 amide bonds. The molecule has 1 aromatic carbocycles. The maximum Gasteiger partial charge on any atom is 0.417 e. The zero-order valence-corrected chi connectivity index (χ0v) is 19.9. The number of aromatic nitrogens is 1. The fourth-order valence-corrected chi connectivity index (χ4v) is 4.51. The highest BCUT2D eigenvalue weighted by molar-refractivity contribution is 5.93. The van der Waals surface area contributed by atoms with E-state index in [-0.39, 0.29) is 17.4 Å². The first-order chi connectivity index (χ1) is 17.5. The van der Waals surface area contributed by atoms with Crippen LogP contribution in [0.5, 0.6) is 5.75 Å². The number of rotatable bonds is 6. The Morgan fingerprint density at radius 3 is 2.41 bits per heavy atom. The quantitative estimate of drug-likeness (QED) is 0.324. The van der Waals surface area contributed by atoms with Crippen molar-refractivity contribution in [3.63, 3.8) is 0 Å². The van der Waals surface area contributed by atoms with Crippen LogP contribution in [-0.4, -0.2) is 42.5 Å². The molecule has 1 aromatic heterocycles. The van der Waals surface area contributed by atoms with Gasteiger partial charge in [-0.25, -0.2) is 9.78 Å². The second kappa shape index (κ2) is 10.8. The number of benzene rings is 1. The van der Waals surface area contributed by atoms with E-state index < -0.39 is 41.8 Å². The van der Waals surface area contributed by atoms with Crippen molar-refractivity contribution < 1.29 is 45.3 Å². The lowest BCUT2D eigenvalue weighted by molar-refractivity contribution is -0.138. The van der Waals surface area contributed by atoms with E-state index in [1.807, 2.05) is 11.8 Å². The van der Waals surface area contributed by atoms with Gasteiger partial charge in [0.15, 0.2) is 0 Å². The predicted molar refractivity (Wildman–Crippen MR) is 120 cm³/mol. The van der Waals surface area contributed by atoms with Crippen LogP contribution in [0.4, 0.5) is 32.2 Å². The van der Waals surface area contributed by atoms with Gasteiger partial charge < -0.3 is 19.1 Å². The Balaban J connectivity index is 1.50. The summed E-state index contributed by atoms with van der Waals surface area (Å²) in [5.74, 6) is -0.600. The maximum atomic E-state index is 13.3. The zero-order chi connectivity index (χ0) is 26.8. The van der Waals surface area contributed by atoms with E-state index in [0.717, 1.165) is 24.4 Å². The summed E-state index contributed by atoms with van der Waals surface area (Å²) in [6.07, 6.45) is -7.01. The maximum absolute atomic E-state index is 13.3. The van der Waals surface area contributed by atoms with Crippen LogP contribution in [0.25, 0.3) is 0 Å². The Kier molecular flexibility index (Phi) is 7.86. The molecule has 0 bridgehead atoms. The van der Waals surface area contributed by atoms with Crippen molar-refractivity contribution in [2.24, 2.45) is 0 Å². The Hall–Kier alpha value is -3.02. The third-order valence-corrected chi connectivity index (χ3v) is 6.46. The highest BCUT2D eigenvalue weighted by Gasteiger charge is 2.35. The first kappa shape index (κ1) is 27.0. The molecule has 2 fully saturated rings. The molecule has 12 heteroatoms. The molecular weight excluding hydrogens is 506 g/mol. The van der Waals surface area contributed by atoms with E-state index in [1.165, 1.54) is 6.07 Å². The number of hydrogen-bond donors (Lipinski definition) is 0. The summed E-state index contributed by atoms with van der Waals surface area (Å²) in [4.78, 5) is 18.6. The van der Waals surface area contributed by atoms with Gasteiger partial charge in [-0.3, -0.25) is 0 Å².